The Balaban J connectivity index is 1.86. The molecule has 2 nitrogen and oxygen atoms in total. The fourth-order valence-corrected chi connectivity index (χ4v) is 4.00. The summed E-state index contributed by atoms with van der Waals surface area (Å²) in [5.41, 5.74) is 0. The lowest BCUT2D eigenvalue weighted by Gasteiger charge is -2.27. The molecule has 4 atom stereocenters. The predicted molar refractivity (Wildman–Crippen MR) is 73.1 cm³/mol. The zero-order chi connectivity index (χ0) is 11.5. The molecule has 1 saturated heterocycles. The second kappa shape index (κ2) is 5.44. The van der Waals surface area contributed by atoms with Gasteiger partial charge in [0.2, 0.25) is 0 Å². The first-order valence-corrected chi connectivity index (χ1v) is 7.50. The fraction of sp³-hybridized carbons (Fsp3) is 0.923. The molecular formula is C13H24N2S. The van der Waals surface area contributed by atoms with Crippen LogP contribution < -0.4 is 5.32 Å². The third-order valence-corrected chi connectivity index (χ3v) is 4.94. The first-order valence-electron chi connectivity index (χ1n) is 6.62. The van der Waals surface area contributed by atoms with Gasteiger partial charge in [-0.15, -0.1) is 0 Å². The van der Waals surface area contributed by atoms with Crippen LogP contribution in [-0.2, 0) is 0 Å². The molecule has 4 unspecified atom stereocenters. The molecule has 0 aromatic heterocycles. The molecule has 1 heterocycles. The van der Waals surface area contributed by atoms with Gasteiger partial charge in [0.25, 0.3) is 0 Å². The number of thioether (sulfide) groups is 1. The van der Waals surface area contributed by atoms with Crippen molar-refractivity contribution in [3.63, 3.8) is 0 Å². The highest BCUT2D eigenvalue weighted by atomic mass is 32.2. The van der Waals surface area contributed by atoms with Gasteiger partial charge in [-0.1, -0.05) is 38.5 Å². The van der Waals surface area contributed by atoms with Crippen molar-refractivity contribution in [3.8, 4) is 0 Å². The Morgan fingerprint density at radius 3 is 2.75 bits per heavy atom. The van der Waals surface area contributed by atoms with E-state index in [0.29, 0.717) is 6.04 Å². The summed E-state index contributed by atoms with van der Waals surface area (Å²) in [7, 11) is 0. The topological polar surface area (TPSA) is 24.4 Å². The summed E-state index contributed by atoms with van der Waals surface area (Å²) in [5, 5.41) is 5.40. The van der Waals surface area contributed by atoms with Crippen LogP contribution >= 0.6 is 11.8 Å². The summed E-state index contributed by atoms with van der Waals surface area (Å²) in [6.45, 7) is 7.97. The van der Waals surface area contributed by atoms with Crippen molar-refractivity contribution in [1.82, 2.24) is 5.32 Å². The second-order valence-corrected chi connectivity index (χ2v) is 6.95. The van der Waals surface area contributed by atoms with Gasteiger partial charge < -0.3 is 5.32 Å². The van der Waals surface area contributed by atoms with E-state index in [1.165, 1.54) is 30.9 Å². The number of hydrogen-bond acceptors (Lipinski definition) is 2. The number of amidine groups is 1. The minimum absolute atomic E-state index is 0.594. The molecule has 2 fully saturated rings. The molecule has 1 aliphatic carbocycles. The van der Waals surface area contributed by atoms with Crippen molar-refractivity contribution in [2.24, 2.45) is 16.8 Å². The Morgan fingerprint density at radius 1 is 1.31 bits per heavy atom. The van der Waals surface area contributed by atoms with Gasteiger partial charge in [0.05, 0.1) is 0 Å². The average Bonchev–Trinajstić information content (AvgIpc) is 2.59. The highest BCUT2D eigenvalue weighted by molar-refractivity contribution is 8.14. The number of nitrogens with zero attached hydrogens (tertiary/aromatic N) is 1. The van der Waals surface area contributed by atoms with Gasteiger partial charge in [-0.05, 0) is 31.6 Å². The van der Waals surface area contributed by atoms with Crippen molar-refractivity contribution in [1.29, 1.82) is 0 Å². The summed E-state index contributed by atoms with van der Waals surface area (Å²) in [6.07, 6.45) is 5.45. The van der Waals surface area contributed by atoms with Crippen molar-refractivity contribution < 1.29 is 0 Å². The summed E-state index contributed by atoms with van der Waals surface area (Å²) in [5.74, 6) is 1.72. The second-order valence-electron chi connectivity index (χ2n) is 5.52. The molecule has 0 spiro atoms. The fourth-order valence-electron chi connectivity index (χ4n) is 2.82. The van der Waals surface area contributed by atoms with Crippen LogP contribution in [0.25, 0.3) is 0 Å². The van der Waals surface area contributed by atoms with E-state index >= 15 is 0 Å². The molecule has 92 valence electrons. The van der Waals surface area contributed by atoms with Gasteiger partial charge in [-0.3, -0.25) is 4.99 Å². The normalized spacial score (nSPS) is 42.3. The quantitative estimate of drug-likeness (QED) is 0.801. The number of nitrogens with one attached hydrogen (secondary N) is 1. The molecule has 0 aromatic rings. The highest BCUT2D eigenvalue weighted by Crippen LogP contribution is 2.31. The van der Waals surface area contributed by atoms with Crippen LogP contribution in [-0.4, -0.2) is 23.0 Å². The molecule has 0 amide bonds. The molecule has 1 saturated carbocycles. The van der Waals surface area contributed by atoms with Crippen molar-refractivity contribution in [2.45, 2.75) is 57.7 Å². The first kappa shape index (κ1) is 12.3. The molecule has 0 aromatic carbocycles. The standard InChI is InChI=1S/C13H24N2S/c1-9-5-4-6-12(9)8-14-13-15-10(2)7-11(3)16-13/h9-12H,4-8H2,1-3H3,(H,14,15). The Morgan fingerprint density at radius 2 is 2.12 bits per heavy atom. The Bertz CT molecular complexity index is 253. The summed E-state index contributed by atoms with van der Waals surface area (Å²) in [4.78, 5) is 4.78. The molecule has 0 radical (unpaired) electrons. The highest BCUT2D eigenvalue weighted by Gasteiger charge is 2.24. The van der Waals surface area contributed by atoms with E-state index in [1.807, 2.05) is 11.8 Å². The molecule has 1 aliphatic heterocycles. The lowest BCUT2D eigenvalue weighted by molar-refractivity contribution is 0.429. The van der Waals surface area contributed by atoms with Gasteiger partial charge in [-0.25, -0.2) is 0 Å². The average molecular weight is 240 g/mol. The molecule has 0 bridgehead atoms. The van der Waals surface area contributed by atoms with E-state index in [2.05, 4.69) is 26.1 Å². The molecule has 1 N–H and O–H groups in total. The van der Waals surface area contributed by atoms with Gasteiger partial charge in [0.15, 0.2) is 5.17 Å². The Labute approximate surface area is 104 Å². The van der Waals surface area contributed by atoms with Crippen LogP contribution in [0.15, 0.2) is 4.99 Å². The molecular weight excluding hydrogens is 216 g/mol. The van der Waals surface area contributed by atoms with Crippen LogP contribution in [0, 0.1) is 11.8 Å². The lowest BCUT2D eigenvalue weighted by atomic mass is 9.99. The maximum absolute atomic E-state index is 4.78. The smallest absolute Gasteiger partial charge is 0.157 e. The van der Waals surface area contributed by atoms with E-state index < -0.39 is 0 Å². The summed E-state index contributed by atoms with van der Waals surface area (Å²) >= 11 is 1.91. The van der Waals surface area contributed by atoms with Crippen LogP contribution in [0.4, 0.5) is 0 Å². The van der Waals surface area contributed by atoms with Crippen LogP contribution in [0.5, 0.6) is 0 Å². The van der Waals surface area contributed by atoms with E-state index in [-0.39, 0.29) is 0 Å². The van der Waals surface area contributed by atoms with Gasteiger partial charge in [-0.2, -0.15) is 0 Å². The van der Waals surface area contributed by atoms with E-state index in [1.54, 1.807) is 0 Å². The van der Waals surface area contributed by atoms with Crippen LogP contribution in [0.2, 0.25) is 0 Å². The van der Waals surface area contributed by atoms with Crippen molar-refractivity contribution in [3.05, 3.63) is 0 Å². The zero-order valence-electron chi connectivity index (χ0n) is 10.7. The Hall–Kier alpha value is -0.180. The predicted octanol–water partition coefficient (Wildman–Crippen LogP) is 3.28. The summed E-state index contributed by atoms with van der Waals surface area (Å²) in [6, 6.07) is 0.594. The van der Waals surface area contributed by atoms with E-state index in [9.17, 15) is 0 Å². The third kappa shape index (κ3) is 3.16. The molecule has 2 rings (SSSR count). The minimum atomic E-state index is 0.594. The van der Waals surface area contributed by atoms with Crippen molar-refractivity contribution in [2.75, 3.05) is 6.54 Å². The number of rotatable bonds is 2. The van der Waals surface area contributed by atoms with Crippen LogP contribution in [0.1, 0.15) is 46.5 Å². The maximum Gasteiger partial charge on any atom is 0.157 e. The van der Waals surface area contributed by atoms with Crippen LogP contribution in [0.3, 0.4) is 0 Å². The maximum atomic E-state index is 4.78. The molecule has 16 heavy (non-hydrogen) atoms. The van der Waals surface area contributed by atoms with E-state index in [4.69, 9.17) is 4.99 Å². The first-order chi connectivity index (χ1) is 7.65. The van der Waals surface area contributed by atoms with Gasteiger partial charge >= 0.3 is 0 Å². The van der Waals surface area contributed by atoms with Crippen molar-refractivity contribution >= 4 is 16.9 Å². The summed E-state index contributed by atoms with van der Waals surface area (Å²) < 4.78 is 0. The molecule has 2 aliphatic rings. The van der Waals surface area contributed by atoms with E-state index in [0.717, 1.165) is 23.6 Å². The third-order valence-electron chi connectivity index (χ3n) is 3.88. The monoisotopic (exact) mass is 240 g/mol. The largest absolute Gasteiger partial charge is 0.362 e. The van der Waals surface area contributed by atoms with Gasteiger partial charge in [0, 0.05) is 17.8 Å². The molecule has 3 heteroatoms. The lowest BCUT2D eigenvalue weighted by Crippen LogP contribution is -2.38. The number of hydrogen-bond donors (Lipinski definition) is 1. The minimum Gasteiger partial charge on any atom is -0.362 e. The SMILES string of the molecule is CC1CC(C)SC(=NCC2CCCC2C)N1. The zero-order valence-corrected chi connectivity index (χ0v) is 11.5. The Kier molecular flexibility index (Phi) is 4.17. The number of aliphatic imine (C=N–C) groups is 1. The van der Waals surface area contributed by atoms with Gasteiger partial charge in [0.1, 0.15) is 0 Å².